The Labute approximate surface area is 210 Å². The molecule has 2 aromatic rings. The highest BCUT2D eigenvalue weighted by molar-refractivity contribution is 6.76. The number of anilines is 1. The maximum atomic E-state index is 10.8. The Kier molecular flexibility index (Phi) is 9.21. The van der Waals surface area contributed by atoms with Gasteiger partial charge in [0.2, 0.25) is 0 Å². The zero-order valence-corrected chi connectivity index (χ0v) is 22.4. The van der Waals surface area contributed by atoms with Crippen molar-refractivity contribution in [3.8, 4) is 0 Å². The summed E-state index contributed by atoms with van der Waals surface area (Å²) < 4.78 is 4.95. The maximum absolute atomic E-state index is 10.8. The number of hydrogen-bond acceptors (Lipinski definition) is 7. The number of carbonyl (C=O) groups is 1. The van der Waals surface area contributed by atoms with E-state index in [2.05, 4.69) is 39.3 Å². The minimum atomic E-state index is -0.803. The summed E-state index contributed by atoms with van der Waals surface area (Å²) in [6, 6.07) is 3.32. The van der Waals surface area contributed by atoms with Crippen LogP contribution >= 0.6 is 0 Å². The molecule has 0 saturated carbocycles. The second-order valence-corrected chi connectivity index (χ2v) is 16.3. The van der Waals surface area contributed by atoms with Gasteiger partial charge in [-0.3, -0.25) is 0 Å². The lowest BCUT2D eigenvalue weighted by molar-refractivity contribution is 0.214. The van der Waals surface area contributed by atoms with Crippen molar-refractivity contribution in [3.63, 3.8) is 0 Å². The van der Waals surface area contributed by atoms with Gasteiger partial charge in [0, 0.05) is 87.3 Å². The van der Waals surface area contributed by atoms with E-state index in [4.69, 9.17) is 15.6 Å². The lowest BCUT2D eigenvalue weighted by Gasteiger charge is -2.26. The van der Waals surface area contributed by atoms with Crippen molar-refractivity contribution in [2.24, 2.45) is 5.41 Å². The van der Waals surface area contributed by atoms with Crippen LogP contribution < -0.4 is 4.90 Å². The number of methoxy groups -OCH3 is 1. The zero-order chi connectivity index (χ0) is 25.5. The minimum Gasteiger partial charge on any atom is -0.385 e. The second-order valence-electron chi connectivity index (χ2n) is 10.7. The van der Waals surface area contributed by atoms with Crippen molar-refractivity contribution in [3.05, 3.63) is 30.1 Å². The number of pyridine rings is 1. The molecule has 0 amide bonds. The van der Waals surface area contributed by atoms with Crippen LogP contribution in [0.4, 0.5) is 5.69 Å². The number of allylic oxidation sites excluding steroid dienone is 2. The second kappa shape index (κ2) is 11.9. The monoisotopic (exact) mass is 493 g/mol. The lowest BCUT2D eigenvalue weighted by Crippen LogP contribution is -2.33. The fraction of sp³-hybridized carbons (Fsp3) is 0.520. The Morgan fingerprint density at radius 2 is 2.06 bits per heavy atom. The van der Waals surface area contributed by atoms with E-state index in [0.29, 0.717) is 5.57 Å². The summed E-state index contributed by atoms with van der Waals surface area (Å²) in [6.07, 6.45) is 10.9. The predicted molar refractivity (Wildman–Crippen MR) is 150 cm³/mol. The van der Waals surface area contributed by atoms with Gasteiger partial charge in [0.15, 0.2) is 0 Å². The van der Waals surface area contributed by atoms with Crippen LogP contribution in [0, 0.1) is 16.2 Å². The van der Waals surface area contributed by atoms with Crippen molar-refractivity contribution in [2.75, 3.05) is 44.8 Å². The molecule has 4 heterocycles. The van der Waals surface area contributed by atoms with Gasteiger partial charge in [0.1, 0.15) is 5.65 Å². The zero-order valence-electron chi connectivity index (χ0n) is 21.4. The Bertz CT molecular complexity index is 1070. The molecule has 2 fully saturated rings. The Hall–Kier alpha value is -2.56. The first-order chi connectivity index (χ1) is 16.8. The third-order valence-electron chi connectivity index (χ3n) is 6.86. The molecule has 1 atom stereocenters. The number of carbonyl (C=O) groups excluding carboxylic acids is 1. The van der Waals surface area contributed by atoms with Crippen molar-refractivity contribution in [2.45, 2.75) is 38.5 Å². The summed E-state index contributed by atoms with van der Waals surface area (Å²) in [6.45, 7) is 11.8. The summed E-state index contributed by atoms with van der Waals surface area (Å²) in [5.41, 5.74) is 3.72. The van der Waals surface area contributed by atoms with Crippen LogP contribution in [0.1, 0.15) is 18.4 Å². The molecular formula is C25H38BN6O2Si. The highest BCUT2D eigenvalue weighted by Gasteiger charge is 2.43. The first-order valence-corrected chi connectivity index (χ1v) is 15.9. The molecule has 35 heavy (non-hydrogen) atoms. The highest BCUT2D eigenvalue weighted by atomic mass is 28.3. The summed E-state index contributed by atoms with van der Waals surface area (Å²) in [5, 5.41) is 16.1. The van der Waals surface area contributed by atoms with Crippen molar-refractivity contribution in [1.29, 1.82) is 10.8 Å². The van der Waals surface area contributed by atoms with Crippen molar-refractivity contribution in [1.82, 2.24) is 14.8 Å². The molecule has 1 radical (unpaired) electrons. The molecule has 187 valence electrons. The van der Waals surface area contributed by atoms with Crippen LogP contribution in [-0.2, 0) is 9.53 Å². The van der Waals surface area contributed by atoms with Gasteiger partial charge >= 0.3 is 0 Å². The quantitative estimate of drug-likeness (QED) is 0.279. The number of hydrogen-bond donors (Lipinski definition) is 3. The van der Waals surface area contributed by atoms with Crippen LogP contribution in [0.2, 0.25) is 25.7 Å². The van der Waals surface area contributed by atoms with Gasteiger partial charge in [-0.05, 0) is 44.1 Å². The molecule has 0 bridgehead atoms. The first kappa shape index (κ1) is 27.0. The van der Waals surface area contributed by atoms with Crippen LogP contribution in [-0.4, -0.2) is 88.8 Å². The van der Waals surface area contributed by atoms with Crippen LogP contribution in [0.25, 0.3) is 16.6 Å². The SMILES string of the molecule is COCC[Si](C)(C)C.N=C/C=C(\C=N)c1c[nH]c2nccc(N3CCC4(CCN([B]C=O)C4)C3)c12. The van der Waals surface area contributed by atoms with Crippen LogP contribution in [0.3, 0.4) is 0 Å². The number of ether oxygens (including phenoxy) is 1. The molecule has 10 heteroatoms. The molecule has 0 aromatic carbocycles. The van der Waals surface area contributed by atoms with Crippen molar-refractivity contribution < 1.29 is 9.53 Å². The summed E-state index contributed by atoms with van der Waals surface area (Å²) in [7, 11) is 2.62. The number of nitrogens with zero attached hydrogens (tertiary/aromatic N) is 3. The molecule has 2 aliphatic rings. The Morgan fingerprint density at radius 3 is 2.69 bits per heavy atom. The number of fused-ring (bicyclic) bond motifs is 1. The summed E-state index contributed by atoms with van der Waals surface area (Å²) in [5.74, 6) is 0. The third-order valence-corrected chi connectivity index (χ3v) is 8.56. The van der Waals surface area contributed by atoms with E-state index in [9.17, 15) is 4.79 Å². The number of H-pyrrole nitrogens is 1. The van der Waals surface area contributed by atoms with Gasteiger partial charge in [0.05, 0.1) is 6.19 Å². The van der Waals surface area contributed by atoms with E-state index in [1.807, 2.05) is 18.5 Å². The molecule has 1 unspecified atom stereocenters. The fourth-order valence-electron chi connectivity index (χ4n) is 4.90. The summed E-state index contributed by atoms with van der Waals surface area (Å²) in [4.78, 5) is 23.0. The van der Waals surface area contributed by atoms with Crippen LogP contribution in [0.15, 0.2) is 24.5 Å². The average Bonchev–Trinajstić information content (AvgIpc) is 3.55. The average molecular weight is 494 g/mol. The van der Waals surface area contributed by atoms with Gasteiger partial charge in [-0.15, -0.1) is 0 Å². The molecule has 2 aromatic heterocycles. The lowest BCUT2D eigenvalue weighted by atomic mass is 9.85. The van der Waals surface area contributed by atoms with E-state index in [0.717, 1.165) is 74.1 Å². The molecule has 4 rings (SSSR count). The third kappa shape index (κ3) is 6.77. The molecular weight excluding hydrogens is 455 g/mol. The molecule has 1 spiro atoms. The minimum absolute atomic E-state index is 0.223. The largest absolute Gasteiger partial charge is 0.385 e. The van der Waals surface area contributed by atoms with E-state index in [-0.39, 0.29) is 5.41 Å². The topological polar surface area (TPSA) is 109 Å². The van der Waals surface area contributed by atoms with Gasteiger partial charge in [-0.1, -0.05) is 19.6 Å². The normalized spacial score (nSPS) is 20.7. The molecule has 8 nitrogen and oxygen atoms in total. The summed E-state index contributed by atoms with van der Waals surface area (Å²) >= 11 is 0. The number of nitrogens with one attached hydrogen (secondary N) is 3. The molecule has 3 N–H and O–H groups in total. The van der Waals surface area contributed by atoms with Crippen molar-refractivity contribution >= 4 is 56.4 Å². The fourth-order valence-corrected chi connectivity index (χ4v) is 5.72. The van der Waals surface area contributed by atoms with Gasteiger partial charge in [-0.25, -0.2) is 4.98 Å². The Morgan fingerprint density at radius 1 is 1.29 bits per heavy atom. The van der Waals surface area contributed by atoms with E-state index in [1.165, 1.54) is 18.5 Å². The number of rotatable bonds is 9. The van der Waals surface area contributed by atoms with Gasteiger partial charge in [0.25, 0.3) is 7.41 Å². The number of aromatic amines is 1. The molecule has 0 aliphatic carbocycles. The maximum Gasteiger partial charge on any atom is 0.293 e. The first-order valence-electron chi connectivity index (χ1n) is 12.2. The highest BCUT2D eigenvalue weighted by Crippen LogP contribution is 2.43. The van der Waals surface area contributed by atoms with Gasteiger partial charge < -0.3 is 35.0 Å². The number of aromatic nitrogens is 2. The Balaban J connectivity index is 0.000000371. The van der Waals surface area contributed by atoms with Crippen LogP contribution in [0.5, 0.6) is 0 Å². The predicted octanol–water partition coefficient (Wildman–Crippen LogP) is 3.93. The van der Waals surface area contributed by atoms with E-state index < -0.39 is 8.07 Å². The van der Waals surface area contributed by atoms with Gasteiger partial charge in [-0.2, -0.15) is 0 Å². The van der Waals surface area contributed by atoms with E-state index >= 15 is 0 Å². The van der Waals surface area contributed by atoms with E-state index in [1.54, 1.807) is 20.6 Å². The molecule has 2 aliphatic heterocycles. The smallest absolute Gasteiger partial charge is 0.293 e. The standard InChI is InChI=1S/C19H22BN6O.C6H16OSi/c21-5-1-14(9-22)15-10-24-18-17(15)16(2-6-23-18)25-7-3-19(11-25)4-8-26(12-19)20-13-27;1-7-5-6-8(2,3)4/h1-2,5-6,9-10,13,21-22H,3-4,7-8,11-12H2,(H,23,24);5-6H2,1-4H3/b14-1+,21-5?,22-9?;. The molecule has 2 saturated heterocycles.